The smallest absolute Gasteiger partial charge is 0.325 e. The SMILES string of the molecule is O=C(CCC(=O)c1cccnc1)Nc1cc(C(F)(F)F)ccc1Cl. The number of carbonyl (C=O) groups excluding carboxylic acids is 2. The van der Waals surface area contributed by atoms with E-state index in [2.05, 4.69) is 10.3 Å². The van der Waals surface area contributed by atoms with E-state index in [4.69, 9.17) is 11.6 Å². The number of nitrogens with zero attached hydrogens (tertiary/aromatic N) is 1. The van der Waals surface area contributed by atoms with Crippen LogP contribution in [0.15, 0.2) is 42.7 Å². The van der Waals surface area contributed by atoms with Gasteiger partial charge in [0.2, 0.25) is 5.91 Å². The molecule has 0 fully saturated rings. The number of hydrogen-bond acceptors (Lipinski definition) is 3. The Hall–Kier alpha value is -2.41. The highest BCUT2D eigenvalue weighted by Crippen LogP contribution is 2.33. The van der Waals surface area contributed by atoms with Gasteiger partial charge < -0.3 is 5.32 Å². The van der Waals surface area contributed by atoms with Gasteiger partial charge in [-0.1, -0.05) is 11.6 Å². The first kappa shape index (κ1) is 17.9. The van der Waals surface area contributed by atoms with Crippen molar-refractivity contribution < 1.29 is 22.8 Å². The van der Waals surface area contributed by atoms with Crippen LogP contribution in [0.5, 0.6) is 0 Å². The zero-order valence-electron chi connectivity index (χ0n) is 12.2. The van der Waals surface area contributed by atoms with Crippen molar-refractivity contribution in [1.82, 2.24) is 4.98 Å². The van der Waals surface area contributed by atoms with Gasteiger partial charge in [0.25, 0.3) is 0 Å². The number of benzene rings is 1. The van der Waals surface area contributed by atoms with Gasteiger partial charge in [-0.25, -0.2) is 0 Å². The first-order chi connectivity index (χ1) is 11.3. The summed E-state index contributed by atoms with van der Waals surface area (Å²) in [5, 5.41) is 2.27. The topological polar surface area (TPSA) is 59.1 Å². The fraction of sp³-hybridized carbons (Fsp3) is 0.188. The summed E-state index contributed by atoms with van der Waals surface area (Å²) < 4.78 is 38.0. The van der Waals surface area contributed by atoms with E-state index in [1.54, 1.807) is 12.1 Å². The molecule has 0 bridgehead atoms. The molecule has 0 saturated carbocycles. The second kappa shape index (κ2) is 7.44. The van der Waals surface area contributed by atoms with Crippen molar-refractivity contribution in [3.8, 4) is 0 Å². The van der Waals surface area contributed by atoms with Gasteiger partial charge in [0, 0.05) is 30.8 Å². The summed E-state index contributed by atoms with van der Waals surface area (Å²) in [4.78, 5) is 27.5. The van der Waals surface area contributed by atoms with Crippen LogP contribution in [0.25, 0.3) is 0 Å². The average Bonchev–Trinajstić information content (AvgIpc) is 2.54. The minimum absolute atomic E-state index is 0.0186. The van der Waals surface area contributed by atoms with Crippen molar-refractivity contribution in [2.75, 3.05) is 5.32 Å². The van der Waals surface area contributed by atoms with Gasteiger partial charge in [-0.15, -0.1) is 0 Å². The molecule has 24 heavy (non-hydrogen) atoms. The van der Waals surface area contributed by atoms with E-state index in [1.165, 1.54) is 12.4 Å². The minimum Gasteiger partial charge on any atom is -0.325 e. The van der Waals surface area contributed by atoms with E-state index in [0.29, 0.717) is 5.56 Å². The maximum Gasteiger partial charge on any atom is 0.416 e. The first-order valence-corrected chi connectivity index (χ1v) is 7.25. The van der Waals surface area contributed by atoms with E-state index < -0.39 is 17.6 Å². The van der Waals surface area contributed by atoms with Gasteiger partial charge in [0.05, 0.1) is 16.3 Å². The molecule has 0 radical (unpaired) electrons. The molecule has 0 spiro atoms. The summed E-state index contributed by atoms with van der Waals surface area (Å²) in [7, 11) is 0. The third kappa shape index (κ3) is 4.79. The van der Waals surface area contributed by atoms with Crippen LogP contribution >= 0.6 is 11.6 Å². The summed E-state index contributed by atoms with van der Waals surface area (Å²) >= 11 is 5.79. The molecule has 2 aromatic rings. The molecule has 0 saturated heterocycles. The molecule has 0 aliphatic carbocycles. The molecule has 1 N–H and O–H groups in total. The van der Waals surface area contributed by atoms with Gasteiger partial charge in [-0.2, -0.15) is 13.2 Å². The predicted molar refractivity (Wildman–Crippen MR) is 82.9 cm³/mol. The molecule has 0 aliphatic heterocycles. The lowest BCUT2D eigenvalue weighted by Crippen LogP contribution is -2.15. The number of carbonyl (C=O) groups is 2. The molecule has 0 atom stereocenters. The molecule has 1 heterocycles. The number of halogens is 4. The second-order valence-corrected chi connectivity index (χ2v) is 5.31. The quantitative estimate of drug-likeness (QED) is 0.810. The molecule has 1 aromatic carbocycles. The number of ketones is 1. The lowest BCUT2D eigenvalue weighted by Gasteiger charge is -2.11. The molecule has 1 aromatic heterocycles. The van der Waals surface area contributed by atoms with E-state index in [0.717, 1.165) is 18.2 Å². The number of amides is 1. The molecule has 0 aliphatic rings. The largest absolute Gasteiger partial charge is 0.416 e. The summed E-state index contributed by atoms with van der Waals surface area (Å²) in [5.41, 5.74) is -0.707. The Balaban J connectivity index is 1.99. The number of Topliss-reactive ketones (excluding diaryl/α,β-unsaturated/α-hetero) is 1. The fourth-order valence-corrected chi connectivity index (χ4v) is 2.07. The Morgan fingerprint density at radius 1 is 1.17 bits per heavy atom. The number of anilines is 1. The van der Waals surface area contributed by atoms with Crippen LogP contribution in [0.1, 0.15) is 28.8 Å². The number of pyridine rings is 1. The van der Waals surface area contributed by atoms with Crippen LogP contribution in [-0.4, -0.2) is 16.7 Å². The van der Waals surface area contributed by atoms with Crippen LogP contribution in [-0.2, 0) is 11.0 Å². The molecule has 4 nitrogen and oxygen atoms in total. The summed E-state index contributed by atoms with van der Waals surface area (Å²) in [5.74, 6) is -0.887. The monoisotopic (exact) mass is 356 g/mol. The van der Waals surface area contributed by atoms with Crippen molar-refractivity contribution >= 4 is 29.0 Å². The molecule has 126 valence electrons. The molecule has 0 unspecified atom stereocenters. The lowest BCUT2D eigenvalue weighted by atomic mass is 10.1. The van der Waals surface area contributed by atoms with E-state index in [9.17, 15) is 22.8 Å². The van der Waals surface area contributed by atoms with Gasteiger partial charge in [-0.3, -0.25) is 14.6 Å². The highest BCUT2D eigenvalue weighted by molar-refractivity contribution is 6.33. The molecular formula is C16H12ClF3N2O2. The third-order valence-electron chi connectivity index (χ3n) is 3.13. The zero-order valence-corrected chi connectivity index (χ0v) is 13.0. The van der Waals surface area contributed by atoms with Crippen LogP contribution in [0.2, 0.25) is 5.02 Å². The van der Waals surface area contributed by atoms with Crippen molar-refractivity contribution in [1.29, 1.82) is 0 Å². The lowest BCUT2D eigenvalue weighted by molar-refractivity contribution is -0.137. The van der Waals surface area contributed by atoms with Crippen molar-refractivity contribution in [3.05, 3.63) is 58.9 Å². The summed E-state index contributed by atoms with van der Waals surface area (Å²) in [6, 6.07) is 5.79. The van der Waals surface area contributed by atoms with E-state index in [1.807, 2.05) is 0 Å². The normalized spacial score (nSPS) is 11.2. The summed E-state index contributed by atoms with van der Waals surface area (Å²) in [6.45, 7) is 0. The van der Waals surface area contributed by atoms with Crippen molar-refractivity contribution in [2.24, 2.45) is 0 Å². The predicted octanol–water partition coefficient (Wildman–Crippen LogP) is 4.36. The number of nitrogens with one attached hydrogen (secondary N) is 1. The Labute approximate surface area is 140 Å². The zero-order chi connectivity index (χ0) is 17.7. The highest BCUT2D eigenvalue weighted by atomic mass is 35.5. The Bertz CT molecular complexity index is 749. The molecule has 2 rings (SSSR count). The van der Waals surface area contributed by atoms with Crippen LogP contribution in [0, 0.1) is 0 Å². The molecule has 8 heteroatoms. The summed E-state index contributed by atoms with van der Waals surface area (Å²) in [6.07, 6.45) is -1.92. The first-order valence-electron chi connectivity index (χ1n) is 6.87. The second-order valence-electron chi connectivity index (χ2n) is 4.91. The third-order valence-corrected chi connectivity index (χ3v) is 3.46. The number of aromatic nitrogens is 1. The maximum absolute atomic E-state index is 12.7. The van der Waals surface area contributed by atoms with Gasteiger partial charge >= 0.3 is 6.18 Å². The van der Waals surface area contributed by atoms with E-state index >= 15 is 0 Å². The minimum atomic E-state index is -4.54. The number of alkyl halides is 3. The van der Waals surface area contributed by atoms with Crippen molar-refractivity contribution in [2.45, 2.75) is 19.0 Å². The number of rotatable bonds is 5. The molecular weight excluding hydrogens is 345 g/mol. The van der Waals surface area contributed by atoms with Crippen LogP contribution in [0.4, 0.5) is 18.9 Å². The average molecular weight is 357 g/mol. The fourth-order valence-electron chi connectivity index (χ4n) is 1.91. The van der Waals surface area contributed by atoms with Crippen LogP contribution in [0.3, 0.4) is 0 Å². The van der Waals surface area contributed by atoms with Gasteiger partial charge in [0.1, 0.15) is 0 Å². The maximum atomic E-state index is 12.7. The highest BCUT2D eigenvalue weighted by Gasteiger charge is 2.31. The van der Waals surface area contributed by atoms with Crippen LogP contribution < -0.4 is 5.32 Å². The standard InChI is InChI=1S/C16H12ClF3N2O2/c17-12-4-3-11(16(18,19)20)8-13(12)22-15(24)6-5-14(23)10-2-1-7-21-9-10/h1-4,7-9H,5-6H2,(H,22,24). The Kier molecular flexibility index (Phi) is 5.56. The molecule has 1 amide bonds. The Morgan fingerprint density at radius 2 is 1.92 bits per heavy atom. The van der Waals surface area contributed by atoms with Gasteiger partial charge in [0.15, 0.2) is 5.78 Å². The van der Waals surface area contributed by atoms with Crippen molar-refractivity contribution in [3.63, 3.8) is 0 Å². The Morgan fingerprint density at radius 3 is 2.54 bits per heavy atom. The van der Waals surface area contributed by atoms with E-state index in [-0.39, 0.29) is 29.3 Å². The number of hydrogen-bond donors (Lipinski definition) is 1. The van der Waals surface area contributed by atoms with Gasteiger partial charge in [-0.05, 0) is 30.3 Å².